The van der Waals surface area contributed by atoms with E-state index >= 15 is 0 Å². The zero-order chi connectivity index (χ0) is 15.9. The van der Waals surface area contributed by atoms with Gasteiger partial charge in [-0.05, 0) is 46.4 Å². The molecule has 5 heteroatoms. The van der Waals surface area contributed by atoms with E-state index in [1.165, 1.54) is 7.05 Å². The molecule has 0 aliphatic heterocycles. The number of nitrogens with one attached hydrogen (secondary N) is 2. The molecule has 0 bridgehead atoms. The number of benzene rings is 2. The predicted octanol–water partition coefficient (Wildman–Crippen LogP) is 2.81. The monoisotopic (exact) mass is 406 g/mol. The fraction of sp³-hybridized carbons (Fsp3) is 0.0588. The number of hydrogen-bond donors (Lipinski definition) is 2. The molecule has 0 fully saturated rings. The maximum absolute atomic E-state index is 12.3. The van der Waals surface area contributed by atoms with Crippen molar-refractivity contribution in [3.63, 3.8) is 0 Å². The van der Waals surface area contributed by atoms with Crippen molar-refractivity contribution in [2.24, 2.45) is 0 Å². The molecule has 2 rings (SSSR count). The van der Waals surface area contributed by atoms with E-state index in [4.69, 9.17) is 0 Å². The summed E-state index contributed by atoms with van der Waals surface area (Å²) in [6.45, 7) is 0. The fourth-order valence-electron chi connectivity index (χ4n) is 1.84. The first-order chi connectivity index (χ1) is 10.6. The summed E-state index contributed by atoms with van der Waals surface area (Å²) in [4.78, 5) is 24.3. The molecule has 112 valence electrons. The van der Waals surface area contributed by atoms with Gasteiger partial charge in [0.2, 0.25) is 0 Å². The summed E-state index contributed by atoms with van der Waals surface area (Å²) in [7, 11) is 1.53. The molecule has 0 aromatic heterocycles. The van der Waals surface area contributed by atoms with Crippen molar-refractivity contribution in [2.75, 3.05) is 7.05 Å². The van der Waals surface area contributed by atoms with E-state index in [2.05, 4.69) is 33.2 Å². The molecule has 0 saturated carbocycles. The molecule has 22 heavy (non-hydrogen) atoms. The van der Waals surface area contributed by atoms with Gasteiger partial charge in [0.05, 0.1) is 5.56 Å². The Bertz CT molecular complexity index is 712. The van der Waals surface area contributed by atoms with Crippen LogP contribution in [-0.4, -0.2) is 18.9 Å². The van der Waals surface area contributed by atoms with Gasteiger partial charge in [-0.2, -0.15) is 0 Å². The molecule has 2 N–H and O–H groups in total. The maximum atomic E-state index is 12.3. The van der Waals surface area contributed by atoms with Gasteiger partial charge in [-0.3, -0.25) is 9.59 Å². The van der Waals surface area contributed by atoms with E-state index in [0.29, 0.717) is 5.56 Å². The van der Waals surface area contributed by atoms with Gasteiger partial charge in [0.25, 0.3) is 11.8 Å². The minimum absolute atomic E-state index is 0.207. The van der Waals surface area contributed by atoms with E-state index in [9.17, 15) is 9.59 Å². The second-order valence-corrected chi connectivity index (χ2v) is 5.64. The van der Waals surface area contributed by atoms with E-state index in [0.717, 1.165) is 9.13 Å². The van der Waals surface area contributed by atoms with Crippen molar-refractivity contribution in [3.05, 3.63) is 75.0 Å². The largest absolute Gasteiger partial charge is 0.354 e. The number of hydrogen-bond acceptors (Lipinski definition) is 2. The molecule has 0 aliphatic carbocycles. The average Bonchev–Trinajstić information content (AvgIpc) is 2.54. The lowest BCUT2D eigenvalue weighted by Crippen LogP contribution is -2.33. The molecule has 0 spiro atoms. The van der Waals surface area contributed by atoms with Gasteiger partial charge < -0.3 is 10.6 Å². The van der Waals surface area contributed by atoms with Crippen LogP contribution in [0, 0.1) is 3.57 Å². The second-order valence-electron chi connectivity index (χ2n) is 4.48. The molecule has 0 aliphatic rings. The first-order valence-corrected chi connectivity index (χ1v) is 7.74. The van der Waals surface area contributed by atoms with Crippen LogP contribution in [0.2, 0.25) is 0 Å². The summed E-state index contributed by atoms with van der Waals surface area (Å²) in [5, 5.41) is 5.21. The van der Waals surface area contributed by atoms with Gasteiger partial charge in [0.1, 0.15) is 5.70 Å². The summed E-state index contributed by atoms with van der Waals surface area (Å²) < 4.78 is 0.827. The Balaban J connectivity index is 2.28. The van der Waals surface area contributed by atoms with Crippen molar-refractivity contribution >= 4 is 40.5 Å². The standard InChI is InChI=1S/C17H15IN2O2/c1-19-17(22)15(11-12-7-3-2-4-8-12)20-16(21)13-9-5-6-10-14(13)18/h2-11H,1H3,(H,19,22)(H,20,21)/b15-11+. The van der Waals surface area contributed by atoms with E-state index < -0.39 is 0 Å². The van der Waals surface area contributed by atoms with Crippen molar-refractivity contribution in [1.82, 2.24) is 10.6 Å². The molecule has 2 aromatic rings. The molecule has 0 saturated heterocycles. The Morgan fingerprint density at radius 3 is 2.27 bits per heavy atom. The van der Waals surface area contributed by atoms with Gasteiger partial charge in [0, 0.05) is 10.6 Å². The van der Waals surface area contributed by atoms with Crippen molar-refractivity contribution in [1.29, 1.82) is 0 Å². The van der Waals surface area contributed by atoms with Gasteiger partial charge in [0.15, 0.2) is 0 Å². The van der Waals surface area contributed by atoms with Gasteiger partial charge >= 0.3 is 0 Å². The molecule has 0 unspecified atom stereocenters. The van der Waals surface area contributed by atoms with Crippen LogP contribution in [0.15, 0.2) is 60.3 Å². The van der Waals surface area contributed by atoms with Crippen LogP contribution in [-0.2, 0) is 4.79 Å². The quantitative estimate of drug-likeness (QED) is 0.606. The smallest absolute Gasteiger partial charge is 0.267 e. The van der Waals surface area contributed by atoms with Crippen molar-refractivity contribution < 1.29 is 9.59 Å². The predicted molar refractivity (Wildman–Crippen MR) is 95.1 cm³/mol. The molecule has 2 aromatic carbocycles. The molecule has 0 radical (unpaired) electrons. The molecular weight excluding hydrogens is 391 g/mol. The summed E-state index contributed by atoms with van der Waals surface area (Å²) in [5.74, 6) is -0.654. The number of amides is 2. The molecule has 2 amide bonds. The van der Waals surface area contributed by atoms with Crippen molar-refractivity contribution in [2.45, 2.75) is 0 Å². The molecule has 0 atom stereocenters. The summed E-state index contributed by atoms with van der Waals surface area (Å²) in [6.07, 6.45) is 1.65. The number of carbonyl (C=O) groups is 2. The number of rotatable bonds is 4. The average molecular weight is 406 g/mol. The Labute approximate surface area is 142 Å². The summed E-state index contributed by atoms with van der Waals surface area (Å²) >= 11 is 2.09. The minimum atomic E-state index is -0.344. The zero-order valence-corrected chi connectivity index (χ0v) is 14.1. The third-order valence-electron chi connectivity index (χ3n) is 2.95. The first-order valence-electron chi connectivity index (χ1n) is 6.66. The molecule has 4 nitrogen and oxygen atoms in total. The Morgan fingerprint density at radius 2 is 1.64 bits per heavy atom. The number of carbonyl (C=O) groups excluding carboxylic acids is 2. The SMILES string of the molecule is CNC(=O)/C(=C\c1ccccc1)NC(=O)c1ccccc1I. The van der Waals surface area contributed by atoms with Gasteiger partial charge in [-0.1, -0.05) is 42.5 Å². The minimum Gasteiger partial charge on any atom is -0.354 e. The van der Waals surface area contributed by atoms with Crippen LogP contribution >= 0.6 is 22.6 Å². The second kappa shape index (κ2) is 7.74. The highest BCUT2D eigenvalue weighted by atomic mass is 127. The fourth-order valence-corrected chi connectivity index (χ4v) is 2.48. The van der Waals surface area contributed by atoms with Crippen LogP contribution < -0.4 is 10.6 Å². The number of halogens is 1. The maximum Gasteiger partial charge on any atom is 0.267 e. The van der Waals surface area contributed by atoms with E-state index in [-0.39, 0.29) is 17.5 Å². The highest BCUT2D eigenvalue weighted by molar-refractivity contribution is 14.1. The lowest BCUT2D eigenvalue weighted by atomic mass is 10.1. The van der Waals surface area contributed by atoms with Crippen LogP contribution in [0.4, 0.5) is 0 Å². The van der Waals surface area contributed by atoms with Crippen LogP contribution in [0.25, 0.3) is 6.08 Å². The van der Waals surface area contributed by atoms with Crippen LogP contribution in [0.5, 0.6) is 0 Å². The van der Waals surface area contributed by atoms with Crippen molar-refractivity contribution in [3.8, 4) is 0 Å². The Morgan fingerprint density at radius 1 is 1.00 bits per heavy atom. The highest BCUT2D eigenvalue weighted by Crippen LogP contribution is 2.12. The molecule has 0 heterocycles. The highest BCUT2D eigenvalue weighted by Gasteiger charge is 2.15. The molecular formula is C17H15IN2O2. The lowest BCUT2D eigenvalue weighted by molar-refractivity contribution is -0.117. The van der Waals surface area contributed by atoms with E-state index in [1.54, 1.807) is 18.2 Å². The Kier molecular flexibility index (Phi) is 5.71. The normalized spacial score (nSPS) is 10.9. The topological polar surface area (TPSA) is 58.2 Å². The third kappa shape index (κ3) is 4.17. The summed E-state index contributed by atoms with van der Waals surface area (Å²) in [6, 6.07) is 16.6. The zero-order valence-electron chi connectivity index (χ0n) is 12.0. The van der Waals surface area contributed by atoms with Crippen LogP contribution in [0.1, 0.15) is 15.9 Å². The Hall–Kier alpha value is -2.15. The summed E-state index contributed by atoms with van der Waals surface area (Å²) in [5.41, 5.74) is 1.58. The first kappa shape index (κ1) is 16.2. The van der Waals surface area contributed by atoms with Gasteiger partial charge in [-0.15, -0.1) is 0 Å². The van der Waals surface area contributed by atoms with E-state index in [1.807, 2.05) is 42.5 Å². The van der Waals surface area contributed by atoms with Gasteiger partial charge in [-0.25, -0.2) is 0 Å². The lowest BCUT2D eigenvalue weighted by Gasteiger charge is -2.10. The number of likely N-dealkylation sites (N-methyl/N-ethyl adjacent to an activating group) is 1. The third-order valence-corrected chi connectivity index (χ3v) is 3.89. The van der Waals surface area contributed by atoms with Crippen LogP contribution in [0.3, 0.4) is 0 Å².